The average molecular weight is 323 g/mol. The molecule has 0 aliphatic heterocycles. The summed E-state index contributed by atoms with van der Waals surface area (Å²) in [6, 6.07) is 2.97. The van der Waals surface area contributed by atoms with Crippen LogP contribution in [-0.2, 0) is 17.8 Å². The van der Waals surface area contributed by atoms with Gasteiger partial charge in [0.25, 0.3) is 11.3 Å². The molecule has 1 aromatic heterocycles. The molecule has 21 heavy (non-hydrogen) atoms. The van der Waals surface area contributed by atoms with Crippen molar-refractivity contribution in [1.82, 2.24) is 4.98 Å². The van der Waals surface area contributed by atoms with Gasteiger partial charge in [0, 0.05) is 18.0 Å². The van der Waals surface area contributed by atoms with Gasteiger partial charge < -0.3 is 11.5 Å². The number of hydrogen-bond donors (Lipinski definition) is 4. The van der Waals surface area contributed by atoms with E-state index < -0.39 is 28.9 Å². The summed E-state index contributed by atoms with van der Waals surface area (Å²) in [4.78, 5) is 7.34. The van der Waals surface area contributed by atoms with E-state index in [-0.39, 0.29) is 12.4 Å². The van der Waals surface area contributed by atoms with Gasteiger partial charge in [-0.2, -0.15) is 13.2 Å². The zero-order valence-electron chi connectivity index (χ0n) is 10.5. The van der Waals surface area contributed by atoms with Gasteiger partial charge in [-0.25, -0.2) is 9.19 Å². The van der Waals surface area contributed by atoms with Crippen LogP contribution in [0, 0.1) is 0 Å². The first-order chi connectivity index (χ1) is 9.75. The molecule has 0 saturated carbocycles. The number of hydrogen-bond acceptors (Lipinski definition) is 4. The van der Waals surface area contributed by atoms with Crippen molar-refractivity contribution in [3.8, 4) is 0 Å². The topological polar surface area (TPSA) is 127 Å². The molecule has 1 aromatic rings. The number of aromatic nitrogens is 1. The van der Waals surface area contributed by atoms with Crippen molar-refractivity contribution in [3.05, 3.63) is 35.7 Å². The van der Waals surface area contributed by atoms with E-state index in [0.29, 0.717) is 11.8 Å². The van der Waals surface area contributed by atoms with E-state index in [9.17, 15) is 17.4 Å². The maximum absolute atomic E-state index is 12.5. The molecule has 0 radical (unpaired) electrons. The Morgan fingerprint density at radius 3 is 2.76 bits per heavy atom. The first-order valence-electron chi connectivity index (χ1n) is 5.36. The van der Waals surface area contributed by atoms with E-state index in [1.807, 2.05) is 0 Å². The summed E-state index contributed by atoms with van der Waals surface area (Å²) in [7, 11) is 0. The molecule has 0 fully saturated rings. The number of amidine groups is 1. The molecule has 0 aliphatic carbocycles. The molecular weight excluding hydrogens is 311 g/mol. The van der Waals surface area contributed by atoms with Gasteiger partial charge in [-0.3, -0.25) is 14.3 Å². The summed E-state index contributed by atoms with van der Waals surface area (Å²) in [6.07, 6.45) is -3.05. The highest BCUT2D eigenvalue weighted by Gasteiger charge is 2.35. The zero-order valence-corrected chi connectivity index (χ0v) is 11.3. The summed E-state index contributed by atoms with van der Waals surface area (Å²) in [5.74, 6) is -0.773. The third kappa shape index (κ3) is 5.04. The summed E-state index contributed by atoms with van der Waals surface area (Å²) in [5, 5.41) is 0. The summed E-state index contributed by atoms with van der Waals surface area (Å²) in [5.41, 5.74) is 9.16. The average Bonchev–Trinajstić information content (AvgIpc) is 2.36. The predicted molar refractivity (Wildman–Crippen MR) is 72.3 cm³/mol. The number of nitrogens with zero attached hydrogens (tertiary/aromatic N) is 2. The fourth-order valence-corrected chi connectivity index (χ4v) is 1.67. The molecule has 1 unspecified atom stereocenters. The van der Waals surface area contributed by atoms with Gasteiger partial charge >= 0.3 is 6.18 Å². The minimum absolute atomic E-state index is 0.0140. The Labute approximate surface area is 120 Å². The Morgan fingerprint density at radius 2 is 2.24 bits per heavy atom. The Bertz CT molecular complexity index is 588. The highest BCUT2D eigenvalue weighted by molar-refractivity contribution is 7.80. The van der Waals surface area contributed by atoms with Crippen LogP contribution in [0.3, 0.4) is 0 Å². The van der Waals surface area contributed by atoms with Crippen molar-refractivity contribution in [2.45, 2.75) is 12.7 Å². The first kappa shape index (κ1) is 16.9. The standard InChI is InChI=1S/C10H12F3N5O2S/c11-10(12,13)7(4-14)8(15)17-5-6-2-1-3-16-9(6)18-21(19)20/h1-4H,5,14H2,(H2,15,17)(H,16,18)(H,19,20). The molecule has 0 bridgehead atoms. The van der Waals surface area contributed by atoms with Crippen molar-refractivity contribution in [2.24, 2.45) is 16.5 Å². The third-order valence-electron chi connectivity index (χ3n) is 2.24. The number of aliphatic imine (C=N–C) groups is 1. The summed E-state index contributed by atoms with van der Waals surface area (Å²) < 4.78 is 59.1. The molecule has 0 aliphatic rings. The summed E-state index contributed by atoms with van der Waals surface area (Å²) >= 11 is -2.37. The van der Waals surface area contributed by atoms with E-state index in [1.165, 1.54) is 18.3 Å². The molecule has 6 N–H and O–H groups in total. The number of anilines is 1. The van der Waals surface area contributed by atoms with Crippen LogP contribution in [0.25, 0.3) is 0 Å². The quantitative estimate of drug-likeness (QED) is 0.364. The highest BCUT2D eigenvalue weighted by Crippen LogP contribution is 2.25. The fourth-order valence-electron chi connectivity index (χ4n) is 1.32. The lowest BCUT2D eigenvalue weighted by Crippen LogP contribution is -2.27. The van der Waals surface area contributed by atoms with Crippen molar-refractivity contribution in [3.63, 3.8) is 0 Å². The molecule has 1 atom stereocenters. The molecule has 0 amide bonds. The monoisotopic (exact) mass is 323 g/mol. The summed E-state index contributed by atoms with van der Waals surface area (Å²) in [6.45, 7) is -0.271. The SMILES string of the molecule is NC=C(C(N)=NCc1cccnc1NS(=O)O)C(F)(F)F. The molecule has 1 rings (SSSR count). The minimum Gasteiger partial charge on any atom is -0.404 e. The maximum Gasteiger partial charge on any atom is 0.421 e. The molecular formula is C10H12F3N5O2S. The van der Waals surface area contributed by atoms with Gasteiger partial charge in [-0.1, -0.05) is 6.07 Å². The van der Waals surface area contributed by atoms with Crippen LogP contribution in [0.15, 0.2) is 35.1 Å². The van der Waals surface area contributed by atoms with Gasteiger partial charge in [0.15, 0.2) is 0 Å². The lowest BCUT2D eigenvalue weighted by atomic mass is 10.2. The van der Waals surface area contributed by atoms with Crippen LogP contribution in [0.1, 0.15) is 5.56 Å². The predicted octanol–water partition coefficient (Wildman–Crippen LogP) is 0.892. The van der Waals surface area contributed by atoms with Crippen molar-refractivity contribution < 1.29 is 21.9 Å². The second kappa shape index (κ2) is 7.04. The molecule has 0 saturated heterocycles. The number of nitrogens with two attached hydrogens (primary N) is 2. The van der Waals surface area contributed by atoms with Gasteiger partial charge in [0.1, 0.15) is 17.2 Å². The van der Waals surface area contributed by atoms with Gasteiger partial charge in [0.05, 0.1) is 6.54 Å². The lowest BCUT2D eigenvalue weighted by Gasteiger charge is -2.11. The van der Waals surface area contributed by atoms with Crippen molar-refractivity contribution in [1.29, 1.82) is 0 Å². The van der Waals surface area contributed by atoms with Gasteiger partial charge in [0.2, 0.25) is 0 Å². The molecule has 7 nitrogen and oxygen atoms in total. The number of rotatable bonds is 5. The number of pyridine rings is 1. The van der Waals surface area contributed by atoms with Gasteiger partial charge in [-0.15, -0.1) is 0 Å². The molecule has 116 valence electrons. The van der Waals surface area contributed by atoms with E-state index in [2.05, 4.69) is 14.7 Å². The van der Waals surface area contributed by atoms with Crippen LogP contribution in [0.2, 0.25) is 0 Å². The van der Waals surface area contributed by atoms with E-state index in [1.54, 1.807) is 0 Å². The molecule has 1 heterocycles. The second-order valence-electron chi connectivity index (χ2n) is 3.64. The van der Waals surface area contributed by atoms with Crippen LogP contribution in [0.4, 0.5) is 19.0 Å². The van der Waals surface area contributed by atoms with Crippen LogP contribution in [0.5, 0.6) is 0 Å². The van der Waals surface area contributed by atoms with Crippen LogP contribution >= 0.6 is 0 Å². The molecule has 11 heteroatoms. The smallest absolute Gasteiger partial charge is 0.404 e. The zero-order chi connectivity index (χ0) is 16.0. The number of nitrogens with one attached hydrogen (secondary N) is 1. The number of halogens is 3. The molecule has 0 spiro atoms. The maximum atomic E-state index is 12.5. The van der Waals surface area contributed by atoms with E-state index >= 15 is 0 Å². The van der Waals surface area contributed by atoms with E-state index in [4.69, 9.17) is 16.0 Å². The Kier molecular flexibility index (Phi) is 5.67. The van der Waals surface area contributed by atoms with Crippen molar-refractivity contribution >= 4 is 22.9 Å². The van der Waals surface area contributed by atoms with E-state index in [0.717, 1.165) is 0 Å². The normalized spacial score (nSPS) is 14.9. The second-order valence-corrected chi connectivity index (χ2v) is 4.34. The molecule has 0 aromatic carbocycles. The van der Waals surface area contributed by atoms with Crippen molar-refractivity contribution in [2.75, 3.05) is 4.72 Å². The Hall–Kier alpha value is -2.14. The largest absolute Gasteiger partial charge is 0.421 e. The third-order valence-corrected chi connectivity index (χ3v) is 2.61. The number of alkyl halides is 3. The van der Waals surface area contributed by atoms with Gasteiger partial charge in [-0.05, 0) is 6.07 Å². The first-order valence-corrected chi connectivity index (χ1v) is 6.47. The Balaban J connectivity index is 2.97. The van der Waals surface area contributed by atoms with Crippen LogP contribution in [-0.4, -0.2) is 25.8 Å². The highest BCUT2D eigenvalue weighted by atomic mass is 32.2. The van der Waals surface area contributed by atoms with Crippen LogP contribution < -0.4 is 16.2 Å². The Morgan fingerprint density at radius 1 is 1.57 bits per heavy atom. The lowest BCUT2D eigenvalue weighted by molar-refractivity contribution is -0.0863. The minimum atomic E-state index is -4.72. The fraction of sp³-hybridized carbons (Fsp3) is 0.200.